The summed E-state index contributed by atoms with van der Waals surface area (Å²) in [7, 11) is 0. The molecule has 2 aromatic carbocycles. The number of benzene rings is 2. The highest BCUT2D eigenvalue weighted by atomic mass is 16.5. The van der Waals surface area contributed by atoms with Gasteiger partial charge in [0.2, 0.25) is 0 Å². The summed E-state index contributed by atoms with van der Waals surface area (Å²) in [6.07, 6.45) is 1.06. The molecule has 2 rings (SSSR count). The second-order valence-electron chi connectivity index (χ2n) is 6.88. The molecule has 0 aromatic heterocycles. The highest BCUT2D eigenvalue weighted by Crippen LogP contribution is 2.21. The van der Waals surface area contributed by atoms with Gasteiger partial charge in [0, 0.05) is 0 Å². The fourth-order valence-corrected chi connectivity index (χ4v) is 2.65. The lowest BCUT2D eigenvalue weighted by Gasteiger charge is -2.12. The van der Waals surface area contributed by atoms with Gasteiger partial charge in [-0.3, -0.25) is 20.4 Å². The highest BCUT2D eigenvalue weighted by molar-refractivity contribution is 5.83. The highest BCUT2D eigenvalue weighted by Gasteiger charge is 2.08. The minimum Gasteiger partial charge on any atom is -0.484 e. The Balaban J connectivity index is 1.69. The smallest absolute Gasteiger partial charge is 0.276 e. The molecular formula is C22H28N2O4. The van der Waals surface area contributed by atoms with Crippen molar-refractivity contribution in [2.75, 3.05) is 13.2 Å². The van der Waals surface area contributed by atoms with E-state index in [9.17, 15) is 9.59 Å². The van der Waals surface area contributed by atoms with Gasteiger partial charge in [0.25, 0.3) is 11.8 Å². The molecule has 0 aliphatic rings. The van der Waals surface area contributed by atoms with Crippen LogP contribution in [0.15, 0.2) is 42.5 Å². The number of carbonyl (C=O) groups excluding carboxylic acids is 2. The van der Waals surface area contributed by atoms with E-state index in [2.05, 4.69) is 24.7 Å². The van der Waals surface area contributed by atoms with E-state index in [1.54, 1.807) is 0 Å². The maximum atomic E-state index is 11.8. The summed E-state index contributed by atoms with van der Waals surface area (Å²) in [5.41, 5.74) is 7.95. The van der Waals surface area contributed by atoms with E-state index in [1.165, 1.54) is 5.56 Å². The lowest BCUT2D eigenvalue weighted by atomic mass is 9.99. The zero-order chi connectivity index (χ0) is 20.5. The number of rotatable bonds is 8. The van der Waals surface area contributed by atoms with Crippen LogP contribution in [0.1, 0.15) is 42.9 Å². The molecule has 2 amide bonds. The van der Waals surface area contributed by atoms with E-state index in [4.69, 9.17) is 9.47 Å². The predicted molar refractivity (Wildman–Crippen MR) is 108 cm³/mol. The third-order valence-electron chi connectivity index (χ3n) is 4.34. The van der Waals surface area contributed by atoms with Gasteiger partial charge in [-0.2, -0.15) is 0 Å². The first-order valence-electron chi connectivity index (χ1n) is 9.39. The Morgan fingerprint density at radius 3 is 1.86 bits per heavy atom. The summed E-state index contributed by atoms with van der Waals surface area (Å²) in [5, 5.41) is 0. The summed E-state index contributed by atoms with van der Waals surface area (Å²) >= 11 is 0. The van der Waals surface area contributed by atoms with Crippen molar-refractivity contribution < 1.29 is 19.1 Å². The van der Waals surface area contributed by atoms with Crippen molar-refractivity contribution in [1.82, 2.24) is 10.9 Å². The van der Waals surface area contributed by atoms with Crippen LogP contribution < -0.4 is 20.3 Å². The molecule has 2 aromatic rings. The second kappa shape index (κ2) is 10.3. The molecule has 0 radical (unpaired) electrons. The monoisotopic (exact) mass is 384 g/mol. The van der Waals surface area contributed by atoms with Crippen molar-refractivity contribution in [2.45, 2.75) is 40.0 Å². The van der Waals surface area contributed by atoms with Crippen LogP contribution >= 0.6 is 0 Å². The van der Waals surface area contributed by atoms with Crippen molar-refractivity contribution >= 4 is 11.8 Å². The topological polar surface area (TPSA) is 76.7 Å². The number of carbonyl (C=O) groups is 2. The Morgan fingerprint density at radius 1 is 0.857 bits per heavy atom. The summed E-state index contributed by atoms with van der Waals surface area (Å²) < 4.78 is 10.9. The van der Waals surface area contributed by atoms with Gasteiger partial charge in [-0.15, -0.1) is 0 Å². The van der Waals surface area contributed by atoms with Gasteiger partial charge >= 0.3 is 0 Å². The Bertz CT molecular complexity index is 782. The molecule has 0 saturated heterocycles. The van der Waals surface area contributed by atoms with Crippen molar-refractivity contribution in [3.63, 3.8) is 0 Å². The Kier molecular flexibility index (Phi) is 7.87. The Morgan fingerprint density at radius 2 is 1.36 bits per heavy atom. The standard InChI is InChI=1S/C22H28N2O4/c1-5-17(4)18-6-8-19(9-7-18)27-13-21(25)23-24-22(26)14-28-20-11-15(2)10-16(3)12-20/h6-12,17H,5,13-14H2,1-4H3,(H,23,25)(H,24,26). The largest absolute Gasteiger partial charge is 0.484 e. The van der Waals surface area contributed by atoms with Crippen LogP contribution in [0.25, 0.3) is 0 Å². The van der Waals surface area contributed by atoms with E-state index >= 15 is 0 Å². The molecular weight excluding hydrogens is 356 g/mol. The van der Waals surface area contributed by atoms with Crippen LogP contribution in [0.5, 0.6) is 11.5 Å². The van der Waals surface area contributed by atoms with Crippen LogP contribution in [-0.4, -0.2) is 25.0 Å². The van der Waals surface area contributed by atoms with Crippen LogP contribution in [0.3, 0.4) is 0 Å². The third kappa shape index (κ3) is 6.95. The van der Waals surface area contributed by atoms with E-state index in [-0.39, 0.29) is 13.2 Å². The molecule has 28 heavy (non-hydrogen) atoms. The molecule has 6 heteroatoms. The van der Waals surface area contributed by atoms with Gasteiger partial charge in [-0.25, -0.2) is 0 Å². The summed E-state index contributed by atoms with van der Waals surface area (Å²) in [5.74, 6) is 0.796. The van der Waals surface area contributed by atoms with Gasteiger partial charge in [0.1, 0.15) is 11.5 Å². The molecule has 0 spiro atoms. The van der Waals surface area contributed by atoms with Crippen molar-refractivity contribution in [3.05, 3.63) is 59.2 Å². The number of hydrogen-bond donors (Lipinski definition) is 2. The Hall–Kier alpha value is -3.02. The maximum Gasteiger partial charge on any atom is 0.276 e. The number of hydrogen-bond acceptors (Lipinski definition) is 4. The summed E-state index contributed by atoms with van der Waals surface area (Å²) in [6, 6.07) is 13.4. The first-order chi connectivity index (χ1) is 13.4. The molecule has 0 aliphatic carbocycles. The number of hydrazine groups is 1. The first-order valence-corrected chi connectivity index (χ1v) is 9.39. The summed E-state index contributed by atoms with van der Waals surface area (Å²) in [6.45, 7) is 7.83. The maximum absolute atomic E-state index is 11.8. The molecule has 150 valence electrons. The molecule has 1 unspecified atom stereocenters. The quantitative estimate of drug-likeness (QED) is 0.684. The Labute approximate surface area is 166 Å². The van der Waals surface area contributed by atoms with Crippen LogP contribution in [0.2, 0.25) is 0 Å². The van der Waals surface area contributed by atoms with E-state index in [0.717, 1.165) is 17.5 Å². The average Bonchev–Trinajstić information content (AvgIpc) is 2.68. The second-order valence-corrected chi connectivity index (χ2v) is 6.88. The lowest BCUT2D eigenvalue weighted by Crippen LogP contribution is -2.45. The summed E-state index contributed by atoms with van der Waals surface area (Å²) in [4.78, 5) is 23.6. The average molecular weight is 384 g/mol. The van der Waals surface area contributed by atoms with Gasteiger partial charge in [-0.05, 0) is 67.1 Å². The predicted octanol–water partition coefficient (Wildman–Crippen LogP) is 3.42. The zero-order valence-corrected chi connectivity index (χ0v) is 16.9. The van der Waals surface area contributed by atoms with Crippen molar-refractivity contribution in [2.24, 2.45) is 0 Å². The minimum atomic E-state index is -0.453. The molecule has 0 heterocycles. The molecule has 0 bridgehead atoms. The molecule has 0 aliphatic heterocycles. The van der Waals surface area contributed by atoms with E-state index in [1.807, 2.05) is 56.3 Å². The van der Waals surface area contributed by atoms with Crippen molar-refractivity contribution in [3.8, 4) is 11.5 Å². The van der Waals surface area contributed by atoms with Crippen molar-refractivity contribution in [1.29, 1.82) is 0 Å². The molecule has 1 atom stereocenters. The molecule has 0 saturated carbocycles. The molecule has 2 N–H and O–H groups in total. The molecule has 6 nitrogen and oxygen atoms in total. The number of ether oxygens (including phenoxy) is 2. The fraction of sp³-hybridized carbons (Fsp3) is 0.364. The van der Waals surface area contributed by atoms with E-state index in [0.29, 0.717) is 17.4 Å². The SMILES string of the molecule is CCC(C)c1ccc(OCC(=O)NNC(=O)COc2cc(C)cc(C)c2)cc1. The van der Waals surface area contributed by atoms with Crippen LogP contribution in [-0.2, 0) is 9.59 Å². The van der Waals surface area contributed by atoms with Crippen LogP contribution in [0.4, 0.5) is 0 Å². The number of amides is 2. The third-order valence-corrected chi connectivity index (χ3v) is 4.34. The van der Waals surface area contributed by atoms with Gasteiger partial charge in [0.05, 0.1) is 0 Å². The van der Waals surface area contributed by atoms with Crippen LogP contribution in [0, 0.1) is 13.8 Å². The zero-order valence-electron chi connectivity index (χ0n) is 16.9. The first kappa shape index (κ1) is 21.3. The van der Waals surface area contributed by atoms with Gasteiger partial charge in [-0.1, -0.05) is 32.0 Å². The number of nitrogens with one attached hydrogen (secondary N) is 2. The minimum absolute atomic E-state index is 0.193. The molecule has 0 fully saturated rings. The number of aryl methyl sites for hydroxylation is 2. The fourth-order valence-electron chi connectivity index (χ4n) is 2.65. The lowest BCUT2D eigenvalue weighted by molar-refractivity contribution is -0.131. The van der Waals surface area contributed by atoms with Gasteiger partial charge < -0.3 is 9.47 Å². The van der Waals surface area contributed by atoms with Gasteiger partial charge in [0.15, 0.2) is 13.2 Å². The normalized spacial score (nSPS) is 11.4. The van der Waals surface area contributed by atoms with E-state index < -0.39 is 11.8 Å².